The van der Waals surface area contributed by atoms with E-state index in [1.807, 2.05) is 24.3 Å². The van der Waals surface area contributed by atoms with Gasteiger partial charge in [-0.05, 0) is 37.0 Å². The molecule has 0 bridgehead atoms. The van der Waals surface area contributed by atoms with Gasteiger partial charge in [0.1, 0.15) is 5.75 Å². The highest BCUT2D eigenvalue weighted by atomic mass is 16.5. The Balaban J connectivity index is 2.24. The van der Waals surface area contributed by atoms with E-state index in [-0.39, 0.29) is 12.3 Å². The van der Waals surface area contributed by atoms with Crippen LogP contribution in [0.3, 0.4) is 0 Å². The highest BCUT2D eigenvalue weighted by molar-refractivity contribution is 5.75. The van der Waals surface area contributed by atoms with E-state index < -0.39 is 5.97 Å². The molecular formula is C16H23NO4. The van der Waals surface area contributed by atoms with Crippen LogP contribution in [0.2, 0.25) is 0 Å². The van der Waals surface area contributed by atoms with Gasteiger partial charge in [0.15, 0.2) is 0 Å². The van der Waals surface area contributed by atoms with Gasteiger partial charge in [0, 0.05) is 26.4 Å². The Morgan fingerprint density at radius 2 is 1.81 bits per heavy atom. The summed E-state index contributed by atoms with van der Waals surface area (Å²) in [7, 11) is 3.35. The summed E-state index contributed by atoms with van der Waals surface area (Å²) in [6.07, 6.45) is 2.71. The Morgan fingerprint density at radius 1 is 1.14 bits per heavy atom. The van der Waals surface area contributed by atoms with E-state index in [9.17, 15) is 9.59 Å². The highest BCUT2D eigenvalue weighted by Gasteiger charge is 2.09. The molecule has 1 aromatic rings. The van der Waals surface area contributed by atoms with Crippen LogP contribution in [0, 0.1) is 0 Å². The zero-order chi connectivity index (χ0) is 15.7. The average molecular weight is 293 g/mol. The summed E-state index contributed by atoms with van der Waals surface area (Å²) in [5.41, 5.74) is 1.18. The molecule has 0 saturated heterocycles. The van der Waals surface area contributed by atoms with Crippen molar-refractivity contribution in [2.24, 2.45) is 0 Å². The Hall–Kier alpha value is -2.04. The molecule has 0 saturated carbocycles. The van der Waals surface area contributed by atoms with Crippen LogP contribution in [-0.4, -0.2) is 42.6 Å². The maximum absolute atomic E-state index is 11.9. The molecule has 0 aliphatic rings. The third-order valence-electron chi connectivity index (χ3n) is 3.33. The zero-order valence-corrected chi connectivity index (χ0v) is 12.7. The number of carbonyl (C=O) groups is 2. The van der Waals surface area contributed by atoms with Crippen molar-refractivity contribution in [2.45, 2.75) is 32.1 Å². The van der Waals surface area contributed by atoms with Crippen LogP contribution in [-0.2, 0) is 16.0 Å². The first-order valence-corrected chi connectivity index (χ1v) is 7.11. The molecule has 0 atom stereocenters. The van der Waals surface area contributed by atoms with E-state index in [0.29, 0.717) is 19.4 Å². The number of amides is 1. The largest absolute Gasteiger partial charge is 0.497 e. The fourth-order valence-corrected chi connectivity index (χ4v) is 2.02. The molecular weight excluding hydrogens is 270 g/mol. The molecule has 21 heavy (non-hydrogen) atoms. The fourth-order valence-electron chi connectivity index (χ4n) is 2.02. The summed E-state index contributed by atoms with van der Waals surface area (Å²) in [5.74, 6) is 0.0669. The van der Waals surface area contributed by atoms with Crippen molar-refractivity contribution in [2.75, 3.05) is 20.7 Å². The van der Waals surface area contributed by atoms with Crippen LogP contribution < -0.4 is 4.74 Å². The summed E-state index contributed by atoms with van der Waals surface area (Å²) in [6.45, 7) is 0.494. The average Bonchev–Trinajstić information content (AvgIpc) is 2.47. The summed E-state index contributed by atoms with van der Waals surface area (Å²) >= 11 is 0. The predicted molar refractivity (Wildman–Crippen MR) is 80.4 cm³/mol. The third-order valence-corrected chi connectivity index (χ3v) is 3.33. The number of rotatable bonds is 9. The molecule has 0 aliphatic heterocycles. The number of carboxylic acids is 1. The monoisotopic (exact) mass is 293 g/mol. The molecule has 0 radical (unpaired) electrons. The third kappa shape index (κ3) is 6.79. The number of carboxylic acid groups (broad SMARTS) is 1. The van der Waals surface area contributed by atoms with Gasteiger partial charge in [0.25, 0.3) is 0 Å². The van der Waals surface area contributed by atoms with Crippen molar-refractivity contribution >= 4 is 11.9 Å². The quantitative estimate of drug-likeness (QED) is 0.759. The number of aryl methyl sites for hydroxylation is 1. The van der Waals surface area contributed by atoms with Crippen molar-refractivity contribution in [3.05, 3.63) is 29.8 Å². The highest BCUT2D eigenvalue weighted by Crippen LogP contribution is 2.13. The van der Waals surface area contributed by atoms with Crippen LogP contribution in [0.15, 0.2) is 24.3 Å². The lowest BCUT2D eigenvalue weighted by atomic mass is 10.1. The first kappa shape index (κ1) is 17.0. The van der Waals surface area contributed by atoms with Crippen molar-refractivity contribution in [3.8, 4) is 5.75 Å². The number of hydrogen-bond acceptors (Lipinski definition) is 3. The van der Waals surface area contributed by atoms with E-state index in [1.165, 1.54) is 5.56 Å². The minimum absolute atomic E-state index is 0.0638. The van der Waals surface area contributed by atoms with Gasteiger partial charge in [-0.25, -0.2) is 0 Å². The number of hydrogen-bond donors (Lipinski definition) is 1. The van der Waals surface area contributed by atoms with Gasteiger partial charge in [-0.3, -0.25) is 9.59 Å². The fraction of sp³-hybridized carbons (Fsp3) is 0.500. The molecule has 5 nitrogen and oxygen atoms in total. The SMILES string of the molecule is COc1ccc(CCCC(=O)N(C)CCCC(=O)O)cc1. The molecule has 0 fully saturated rings. The number of carbonyl (C=O) groups excluding carboxylic acids is 1. The smallest absolute Gasteiger partial charge is 0.303 e. The van der Waals surface area contributed by atoms with Crippen molar-refractivity contribution in [1.29, 1.82) is 0 Å². The Morgan fingerprint density at radius 3 is 2.38 bits per heavy atom. The molecule has 1 aromatic carbocycles. The molecule has 0 aliphatic carbocycles. The number of nitrogens with zero attached hydrogens (tertiary/aromatic N) is 1. The van der Waals surface area contributed by atoms with Crippen LogP contribution in [0.5, 0.6) is 5.75 Å². The molecule has 0 heterocycles. The van der Waals surface area contributed by atoms with Crippen LogP contribution >= 0.6 is 0 Å². The zero-order valence-electron chi connectivity index (χ0n) is 12.7. The van der Waals surface area contributed by atoms with Gasteiger partial charge in [-0.2, -0.15) is 0 Å². The van der Waals surface area contributed by atoms with Crippen molar-refractivity contribution in [1.82, 2.24) is 4.90 Å². The van der Waals surface area contributed by atoms with Gasteiger partial charge < -0.3 is 14.7 Å². The maximum atomic E-state index is 11.9. The number of ether oxygens (including phenoxy) is 1. The first-order valence-electron chi connectivity index (χ1n) is 7.11. The Labute approximate surface area is 125 Å². The lowest BCUT2D eigenvalue weighted by Crippen LogP contribution is -2.27. The van der Waals surface area contributed by atoms with E-state index in [1.54, 1.807) is 19.1 Å². The van der Waals surface area contributed by atoms with Crippen molar-refractivity contribution in [3.63, 3.8) is 0 Å². The van der Waals surface area contributed by atoms with E-state index in [2.05, 4.69) is 0 Å². The lowest BCUT2D eigenvalue weighted by Gasteiger charge is -2.16. The van der Waals surface area contributed by atoms with E-state index in [4.69, 9.17) is 9.84 Å². The number of benzene rings is 1. The second kappa shape index (κ2) is 9.00. The topological polar surface area (TPSA) is 66.8 Å². The second-order valence-electron chi connectivity index (χ2n) is 5.01. The molecule has 1 amide bonds. The van der Waals surface area contributed by atoms with E-state index >= 15 is 0 Å². The number of aliphatic carboxylic acids is 1. The van der Waals surface area contributed by atoms with Crippen molar-refractivity contribution < 1.29 is 19.4 Å². The predicted octanol–water partition coefficient (Wildman–Crippen LogP) is 2.34. The molecule has 0 unspecified atom stereocenters. The standard InChI is InChI=1S/C16H23NO4/c1-17(12-4-7-16(19)20)15(18)6-3-5-13-8-10-14(21-2)11-9-13/h8-11H,3-7,12H2,1-2H3,(H,19,20). The van der Waals surface area contributed by atoms with Gasteiger partial charge in [0.2, 0.25) is 5.91 Å². The molecule has 5 heteroatoms. The minimum Gasteiger partial charge on any atom is -0.497 e. The minimum atomic E-state index is -0.824. The van der Waals surface area contributed by atoms with E-state index in [0.717, 1.165) is 18.6 Å². The lowest BCUT2D eigenvalue weighted by molar-refractivity contribution is -0.138. The normalized spacial score (nSPS) is 10.2. The van der Waals surface area contributed by atoms with Crippen LogP contribution in [0.1, 0.15) is 31.2 Å². The summed E-state index contributed by atoms with van der Waals surface area (Å²) in [6, 6.07) is 7.82. The van der Waals surface area contributed by atoms with Crippen LogP contribution in [0.25, 0.3) is 0 Å². The van der Waals surface area contributed by atoms with Gasteiger partial charge in [-0.15, -0.1) is 0 Å². The van der Waals surface area contributed by atoms with Crippen LogP contribution in [0.4, 0.5) is 0 Å². The van der Waals surface area contributed by atoms with Gasteiger partial charge in [0.05, 0.1) is 7.11 Å². The summed E-state index contributed by atoms with van der Waals surface area (Å²) in [4.78, 5) is 23.9. The molecule has 116 valence electrons. The molecule has 1 N–H and O–H groups in total. The summed E-state index contributed by atoms with van der Waals surface area (Å²) in [5, 5.41) is 8.56. The molecule has 1 rings (SSSR count). The maximum Gasteiger partial charge on any atom is 0.303 e. The first-order chi connectivity index (χ1) is 10.0. The second-order valence-corrected chi connectivity index (χ2v) is 5.01. The Kier molecular flexibility index (Phi) is 7.29. The van der Waals surface area contributed by atoms with Gasteiger partial charge in [-0.1, -0.05) is 12.1 Å². The summed E-state index contributed by atoms with van der Waals surface area (Å²) < 4.78 is 5.10. The Bertz CT molecular complexity index is 456. The number of methoxy groups -OCH3 is 1. The molecule has 0 spiro atoms. The molecule has 0 aromatic heterocycles. The van der Waals surface area contributed by atoms with Gasteiger partial charge >= 0.3 is 5.97 Å².